The summed E-state index contributed by atoms with van der Waals surface area (Å²) in [5.41, 5.74) is 1.31. The van der Waals surface area contributed by atoms with Crippen LogP contribution in [0.15, 0.2) is 30.3 Å². The molecule has 2 N–H and O–H groups in total. The molecular formula is C13H19O4PS. The summed E-state index contributed by atoms with van der Waals surface area (Å²) in [4.78, 5) is 18.0. The first-order valence-electron chi connectivity index (χ1n) is 6.42. The van der Waals surface area contributed by atoms with E-state index in [1.54, 1.807) is 0 Å². The van der Waals surface area contributed by atoms with Gasteiger partial charge >= 0.3 is 6.72 Å². The van der Waals surface area contributed by atoms with Crippen LogP contribution >= 0.6 is 6.72 Å². The van der Waals surface area contributed by atoms with Crippen molar-refractivity contribution in [1.29, 1.82) is 0 Å². The Morgan fingerprint density at radius 1 is 1.21 bits per heavy atom. The van der Waals surface area contributed by atoms with Gasteiger partial charge in [0.1, 0.15) is 0 Å². The first kappa shape index (κ1) is 15.1. The van der Waals surface area contributed by atoms with Crippen LogP contribution in [0.1, 0.15) is 24.8 Å². The molecule has 0 aromatic heterocycles. The Hall–Kier alpha value is -0.290. The van der Waals surface area contributed by atoms with Gasteiger partial charge in [-0.1, -0.05) is 30.3 Å². The Morgan fingerprint density at radius 3 is 2.58 bits per heavy atom. The van der Waals surface area contributed by atoms with Crippen LogP contribution in [0.3, 0.4) is 0 Å². The number of hydrogen-bond donors (Lipinski definition) is 2. The highest BCUT2D eigenvalue weighted by atomic mass is 32.5. The zero-order chi connectivity index (χ0) is 13.7. The predicted octanol–water partition coefficient (Wildman–Crippen LogP) is 2.39. The topological polar surface area (TPSA) is 58.9 Å². The maximum absolute atomic E-state index is 9.00. The lowest BCUT2D eigenvalue weighted by Crippen LogP contribution is -2.16. The molecule has 0 spiro atoms. The normalized spacial score (nSPS) is 23.7. The zero-order valence-electron chi connectivity index (χ0n) is 10.6. The van der Waals surface area contributed by atoms with Crippen LogP contribution in [0.5, 0.6) is 0 Å². The molecule has 0 radical (unpaired) electrons. The molecule has 1 saturated heterocycles. The van der Waals surface area contributed by atoms with Crippen molar-refractivity contribution in [2.45, 2.75) is 37.9 Å². The van der Waals surface area contributed by atoms with Crippen LogP contribution in [-0.4, -0.2) is 28.6 Å². The fourth-order valence-electron chi connectivity index (χ4n) is 2.27. The van der Waals surface area contributed by atoms with Crippen molar-refractivity contribution in [1.82, 2.24) is 0 Å². The van der Waals surface area contributed by atoms with Gasteiger partial charge in [0.2, 0.25) is 0 Å². The van der Waals surface area contributed by atoms with Gasteiger partial charge in [0, 0.05) is 0 Å². The van der Waals surface area contributed by atoms with Crippen LogP contribution in [-0.2, 0) is 27.5 Å². The third kappa shape index (κ3) is 5.69. The molecule has 106 valence electrons. The van der Waals surface area contributed by atoms with E-state index >= 15 is 0 Å². The quantitative estimate of drug-likeness (QED) is 0.790. The van der Waals surface area contributed by atoms with Gasteiger partial charge in [-0.15, -0.1) is 0 Å². The minimum Gasteiger partial charge on any atom is -0.373 e. The van der Waals surface area contributed by atoms with Crippen molar-refractivity contribution < 1.29 is 19.0 Å². The second-order valence-corrected chi connectivity index (χ2v) is 7.43. The van der Waals surface area contributed by atoms with E-state index in [2.05, 4.69) is 23.9 Å². The summed E-state index contributed by atoms with van der Waals surface area (Å²) in [6.45, 7) is -3.38. The number of aryl methyl sites for hydroxylation is 1. The minimum absolute atomic E-state index is 0.0672. The Bertz CT molecular complexity index is 434. The molecule has 0 unspecified atom stereocenters. The van der Waals surface area contributed by atoms with Crippen LogP contribution in [0.25, 0.3) is 0 Å². The largest absolute Gasteiger partial charge is 0.373 e. The first-order chi connectivity index (χ1) is 9.03. The van der Waals surface area contributed by atoms with Gasteiger partial charge in [-0.25, -0.2) is 0 Å². The molecule has 4 nitrogen and oxygen atoms in total. The molecule has 0 saturated carbocycles. The Labute approximate surface area is 118 Å². The van der Waals surface area contributed by atoms with Crippen LogP contribution < -0.4 is 0 Å². The summed E-state index contributed by atoms with van der Waals surface area (Å²) in [6, 6.07) is 10.3. The molecule has 1 aromatic carbocycles. The molecule has 6 heteroatoms. The highest BCUT2D eigenvalue weighted by Crippen LogP contribution is 2.37. The van der Waals surface area contributed by atoms with E-state index in [9.17, 15) is 0 Å². The summed E-state index contributed by atoms with van der Waals surface area (Å²) in [5, 5.41) is 0. The lowest BCUT2D eigenvalue weighted by molar-refractivity contribution is 0.0119. The number of benzene rings is 1. The molecular weight excluding hydrogens is 283 g/mol. The van der Waals surface area contributed by atoms with Crippen LogP contribution in [0.2, 0.25) is 0 Å². The molecule has 0 aliphatic carbocycles. The first-order valence-corrected chi connectivity index (χ1v) is 9.05. The average Bonchev–Trinajstić information content (AvgIpc) is 2.82. The summed E-state index contributed by atoms with van der Waals surface area (Å²) < 4.78 is 10.6. The SMILES string of the molecule is OP(O)(=S)OC[C@@H]1CC[C@H](CCc2ccccc2)O1. The third-order valence-electron chi connectivity index (χ3n) is 3.22. The highest BCUT2D eigenvalue weighted by Gasteiger charge is 2.26. The molecule has 1 fully saturated rings. The van der Waals surface area contributed by atoms with Gasteiger partial charge in [-0.2, -0.15) is 0 Å². The van der Waals surface area contributed by atoms with Gasteiger partial charge in [-0.3, -0.25) is 0 Å². The Morgan fingerprint density at radius 2 is 1.89 bits per heavy atom. The fraction of sp³-hybridized carbons (Fsp3) is 0.538. The second kappa shape index (κ2) is 6.93. The number of hydrogen-bond acceptors (Lipinski definition) is 3. The van der Waals surface area contributed by atoms with E-state index in [-0.39, 0.29) is 18.8 Å². The number of ether oxygens (including phenoxy) is 1. The summed E-state index contributed by atoms with van der Waals surface area (Å²) in [6.07, 6.45) is 4.01. The molecule has 0 amide bonds. The fourth-order valence-corrected chi connectivity index (χ4v) is 2.81. The molecule has 1 heterocycles. The van der Waals surface area contributed by atoms with E-state index < -0.39 is 6.72 Å². The van der Waals surface area contributed by atoms with E-state index in [4.69, 9.17) is 19.0 Å². The molecule has 19 heavy (non-hydrogen) atoms. The summed E-state index contributed by atoms with van der Waals surface area (Å²) >= 11 is 4.41. The lowest BCUT2D eigenvalue weighted by atomic mass is 10.1. The monoisotopic (exact) mass is 302 g/mol. The van der Waals surface area contributed by atoms with Crippen molar-refractivity contribution >= 4 is 18.5 Å². The van der Waals surface area contributed by atoms with Crippen LogP contribution in [0.4, 0.5) is 0 Å². The van der Waals surface area contributed by atoms with Crippen molar-refractivity contribution in [2.24, 2.45) is 0 Å². The Balaban J connectivity index is 1.69. The maximum Gasteiger partial charge on any atom is 0.321 e. The van der Waals surface area contributed by atoms with Gasteiger partial charge < -0.3 is 19.0 Å². The second-order valence-electron chi connectivity index (χ2n) is 4.77. The molecule has 2 atom stereocenters. The summed E-state index contributed by atoms with van der Waals surface area (Å²) in [5.74, 6) is 0. The van der Waals surface area contributed by atoms with Crippen molar-refractivity contribution in [3.63, 3.8) is 0 Å². The smallest absolute Gasteiger partial charge is 0.321 e. The average molecular weight is 302 g/mol. The Kier molecular flexibility index (Phi) is 5.51. The molecule has 1 aromatic rings. The lowest BCUT2D eigenvalue weighted by Gasteiger charge is -2.15. The third-order valence-corrected chi connectivity index (χ3v) is 4.02. The van der Waals surface area contributed by atoms with E-state index in [0.29, 0.717) is 0 Å². The minimum atomic E-state index is -3.55. The van der Waals surface area contributed by atoms with Crippen LogP contribution in [0, 0.1) is 0 Å². The highest BCUT2D eigenvalue weighted by molar-refractivity contribution is 8.06. The predicted molar refractivity (Wildman–Crippen MR) is 77.3 cm³/mol. The van der Waals surface area contributed by atoms with Gasteiger partial charge in [0.25, 0.3) is 0 Å². The van der Waals surface area contributed by atoms with Crippen molar-refractivity contribution in [2.75, 3.05) is 6.61 Å². The molecule has 2 rings (SSSR count). The van der Waals surface area contributed by atoms with Gasteiger partial charge in [0.15, 0.2) is 0 Å². The number of rotatable bonds is 6. The van der Waals surface area contributed by atoms with E-state index in [1.165, 1.54) is 5.56 Å². The summed E-state index contributed by atoms with van der Waals surface area (Å²) in [7, 11) is 0. The van der Waals surface area contributed by atoms with Crippen molar-refractivity contribution in [3.05, 3.63) is 35.9 Å². The maximum atomic E-state index is 9.00. The molecule has 1 aliphatic rings. The zero-order valence-corrected chi connectivity index (χ0v) is 12.4. The van der Waals surface area contributed by atoms with Crippen molar-refractivity contribution in [3.8, 4) is 0 Å². The van der Waals surface area contributed by atoms with E-state index in [0.717, 1.165) is 25.7 Å². The molecule has 0 bridgehead atoms. The van der Waals surface area contributed by atoms with E-state index in [1.807, 2.05) is 18.2 Å². The van der Waals surface area contributed by atoms with Gasteiger partial charge in [0.05, 0.1) is 18.8 Å². The molecule has 1 aliphatic heterocycles. The standard InChI is InChI=1S/C13H19O4PS/c14-18(15,19)16-10-13-9-8-12(17-13)7-6-11-4-2-1-3-5-11/h1-5,12-13H,6-10H2,(H2,14,15,19)/t12-,13-/m0/s1. The van der Waals surface area contributed by atoms with Gasteiger partial charge in [-0.05, 0) is 43.1 Å².